The molecule has 1 aromatic heterocycles. The van der Waals surface area contributed by atoms with Crippen LogP contribution in [0, 0.1) is 0 Å². The van der Waals surface area contributed by atoms with E-state index in [1.54, 1.807) is 20.1 Å². The molecule has 1 aliphatic rings. The molecule has 142 valence electrons. The van der Waals surface area contributed by atoms with Crippen LogP contribution in [-0.2, 0) is 9.53 Å². The molecule has 3 rings (SSSR count). The van der Waals surface area contributed by atoms with E-state index >= 15 is 0 Å². The maximum absolute atomic E-state index is 12.1. The van der Waals surface area contributed by atoms with Crippen LogP contribution in [0.25, 0.3) is 5.69 Å². The number of esters is 1. The average Bonchev–Trinajstić information content (AvgIpc) is 3.15. The van der Waals surface area contributed by atoms with Gasteiger partial charge in [-0.2, -0.15) is 4.68 Å². The van der Waals surface area contributed by atoms with Crippen LogP contribution in [-0.4, -0.2) is 58.2 Å². The number of hydrogen-bond acceptors (Lipinski definition) is 8. The number of urea groups is 1. The Morgan fingerprint density at radius 1 is 1.37 bits per heavy atom. The number of methoxy groups -OCH3 is 1. The number of amides is 2. The molecule has 0 saturated carbocycles. The Labute approximate surface area is 159 Å². The standard InChI is InChI=1S/C16H18N6O4S/c1-3-26-14(23)10-8-17-15(24)18-11(10)9-27-16-19-20-21-22(16)12-6-4-5-7-13(12)25-2/h4-7H,3,8-9H2,1-2H3,(H2,17,18,24). The molecule has 0 fully saturated rings. The minimum Gasteiger partial charge on any atom is -0.494 e. The number of ether oxygens (including phenoxy) is 2. The molecule has 0 atom stereocenters. The largest absolute Gasteiger partial charge is 0.494 e. The summed E-state index contributed by atoms with van der Waals surface area (Å²) in [6.45, 7) is 2.09. The Kier molecular flexibility index (Phi) is 5.91. The number of carbonyl (C=O) groups is 2. The van der Waals surface area contributed by atoms with E-state index in [9.17, 15) is 9.59 Å². The molecule has 11 heteroatoms. The normalized spacial score (nSPS) is 13.8. The molecule has 2 amide bonds. The number of aromatic nitrogens is 4. The molecule has 0 radical (unpaired) electrons. The third kappa shape index (κ3) is 4.19. The van der Waals surface area contributed by atoms with Crippen molar-refractivity contribution in [2.45, 2.75) is 12.1 Å². The third-order valence-electron chi connectivity index (χ3n) is 3.68. The lowest BCUT2D eigenvalue weighted by atomic mass is 10.2. The van der Waals surface area contributed by atoms with E-state index in [2.05, 4.69) is 26.2 Å². The summed E-state index contributed by atoms with van der Waals surface area (Å²) in [6.07, 6.45) is 0. The molecule has 0 aliphatic carbocycles. The van der Waals surface area contributed by atoms with Gasteiger partial charge >= 0.3 is 12.0 Å². The molecular formula is C16H18N6O4S. The zero-order valence-electron chi connectivity index (χ0n) is 14.8. The topological polar surface area (TPSA) is 120 Å². The Balaban J connectivity index is 1.83. The highest BCUT2D eigenvalue weighted by molar-refractivity contribution is 7.99. The maximum Gasteiger partial charge on any atom is 0.337 e. The first-order valence-electron chi connectivity index (χ1n) is 8.12. The molecule has 10 nitrogen and oxygen atoms in total. The molecule has 27 heavy (non-hydrogen) atoms. The first-order chi connectivity index (χ1) is 13.1. The van der Waals surface area contributed by atoms with Gasteiger partial charge in [0.15, 0.2) is 0 Å². The van der Waals surface area contributed by atoms with E-state index in [1.807, 2.05) is 18.2 Å². The second kappa shape index (κ2) is 8.54. The van der Waals surface area contributed by atoms with Gasteiger partial charge < -0.3 is 20.1 Å². The van der Waals surface area contributed by atoms with Crippen LogP contribution >= 0.6 is 11.8 Å². The number of carbonyl (C=O) groups excluding carboxylic acids is 2. The van der Waals surface area contributed by atoms with Gasteiger partial charge in [-0.25, -0.2) is 9.59 Å². The van der Waals surface area contributed by atoms with E-state index in [0.717, 1.165) is 0 Å². The second-order valence-corrected chi connectivity index (χ2v) is 6.26. The van der Waals surface area contributed by atoms with Gasteiger partial charge in [0, 0.05) is 11.4 Å². The summed E-state index contributed by atoms with van der Waals surface area (Å²) < 4.78 is 11.9. The molecule has 1 aliphatic heterocycles. The summed E-state index contributed by atoms with van der Waals surface area (Å²) >= 11 is 1.28. The molecule has 1 aromatic carbocycles. The fourth-order valence-electron chi connectivity index (χ4n) is 2.43. The number of benzene rings is 1. The van der Waals surface area contributed by atoms with Crippen LogP contribution in [0.1, 0.15) is 6.92 Å². The van der Waals surface area contributed by atoms with Crippen LogP contribution in [0.3, 0.4) is 0 Å². The first-order valence-corrected chi connectivity index (χ1v) is 9.11. The van der Waals surface area contributed by atoms with Crippen molar-refractivity contribution in [1.82, 2.24) is 30.8 Å². The minimum atomic E-state index is -0.468. The molecule has 0 bridgehead atoms. The van der Waals surface area contributed by atoms with Crippen molar-refractivity contribution in [2.75, 3.05) is 26.0 Å². The van der Waals surface area contributed by atoms with Gasteiger partial charge in [-0.3, -0.25) is 0 Å². The summed E-state index contributed by atoms with van der Waals surface area (Å²) in [5.41, 5.74) is 1.53. The number of tetrazole rings is 1. The van der Waals surface area contributed by atoms with E-state index in [-0.39, 0.29) is 24.9 Å². The van der Waals surface area contributed by atoms with E-state index in [4.69, 9.17) is 9.47 Å². The highest BCUT2D eigenvalue weighted by Gasteiger charge is 2.24. The van der Waals surface area contributed by atoms with Crippen LogP contribution in [0.4, 0.5) is 4.79 Å². The van der Waals surface area contributed by atoms with Crippen molar-refractivity contribution < 1.29 is 19.1 Å². The van der Waals surface area contributed by atoms with Crippen LogP contribution in [0.2, 0.25) is 0 Å². The van der Waals surface area contributed by atoms with Crippen molar-refractivity contribution in [3.05, 3.63) is 35.5 Å². The van der Waals surface area contributed by atoms with Crippen molar-refractivity contribution in [3.63, 3.8) is 0 Å². The molecule has 2 aromatic rings. The monoisotopic (exact) mass is 390 g/mol. The average molecular weight is 390 g/mol. The number of para-hydroxylation sites is 2. The molecule has 2 heterocycles. The minimum absolute atomic E-state index is 0.109. The zero-order valence-corrected chi connectivity index (χ0v) is 15.6. The summed E-state index contributed by atoms with van der Waals surface area (Å²) in [5, 5.41) is 17.5. The van der Waals surface area contributed by atoms with Crippen LogP contribution in [0.15, 0.2) is 40.7 Å². The van der Waals surface area contributed by atoms with E-state index in [0.29, 0.717) is 27.9 Å². The summed E-state index contributed by atoms with van der Waals surface area (Å²) in [7, 11) is 1.57. The van der Waals surface area contributed by atoms with Gasteiger partial charge in [0.2, 0.25) is 5.16 Å². The predicted molar refractivity (Wildman–Crippen MR) is 96.6 cm³/mol. The highest BCUT2D eigenvalue weighted by atomic mass is 32.2. The number of nitrogens with one attached hydrogen (secondary N) is 2. The van der Waals surface area contributed by atoms with Gasteiger partial charge in [-0.15, -0.1) is 5.10 Å². The van der Waals surface area contributed by atoms with E-state index < -0.39 is 5.97 Å². The lowest BCUT2D eigenvalue weighted by Crippen LogP contribution is -2.44. The Bertz CT molecular complexity index is 881. The molecule has 0 unspecified atom stereocenters. The summed E-state index contributed by atoms with van der Waals surface area (Å²) in [6, 6.07) is 6.96. The lowest BCUT2D eigenvalue weighted by molar-refractivity contribution is -0.138. The lowest BCUT2D eigenvalue weighted by Gasteiger charge is -2.20. The number of thioether (sulfide) groups is 1. The highest BCUT2D eigenvalue weighted by Crippen LogP contribution is 2.26. The zero-order chi connectivity index (χ0) is 19.2. The fraction of sp³-hybridized carbons (Fsp3) is 0.312. The van der Waals surface area contributed by atoms with E-state index in [1.165, 1.54) is 16.4 Å². The molecule has 2 N–H and O–H groups in total. The maximum atomic E-state index is 12.1. The number of nitrogens with zero attached hydrogens (tertiary/aromatic N) is 4. The van der Waals surface area contributed by atoms with Crippen LogP contribution in [0.5, 0.6) is 5.75 Å². The third-order valence-corrected chi connectivity index (χ3v) is 4.62. The Hall–Kier alpha value is -3.08. The van der Waals surface area contributed by atoms with Gasteiger partial charge in [-0.1, -0.05) is 23.9 Å². The molecular weight excluding hydrogens is 372 g/mol. The van der Waals surface area contributed by atoms with Gasteiger partial charge in [0.25, 0.3) is 0 Å². The van der Waals surface area contributed by atoms with Crippen molar-refractivity contribution >= 4 is 23.8 Å². The second-order valence-electron chi connectivity index (χ2n) is 5.32. The van der Waals surface area contributed by atoms with Gasteiger partial charge in [-0.05, 0) is 29.5 Å². The Morgan fingerprint density at radius 2 is 2.19 bits per heavy atom. The van der Waals surface area contributed by atoms with Crippen molar-refractivity contribution in [1.29, 1.82) is 0 Å². The van der Waals surface area contributed by atoms with Crippen molar-refractivity contribution in [2.24, 2.45) is 0 Å². The van der Waals surface area contributed by atoms with Crippen LogP contribution < -0.4 is 15.4 Å². The molecule has 0 saturated heterocycles. The first kappa shape index (κ1) is 18.7. The SMILES string of the molecule is CCOC(=O)C1=C(CSc2nnnn2-c2ccccc2OC)NC(=O)NC1. The predicted octanol–water partition coefficient (Wildman–Crippen LogP) is 0.893. The van der Waals surface area contributed by atoms with Gasteiger partial charge in [0.05, 0.1) is 25.8 Å². The van der Waals surface area contributed by atoms with Crippen molar-refractivity contribution in [3.8, 4) is 11.4 Å². The Morgan fingerprint density at radius 3 is 2.96 bits per heavy atom. The quantitative estimate of drug-likeness (QED) is 0.528. The summed E-state index contributed by atoms with van der Waals surface area (Å²) in [5.74, 6) is 0.440. The number of hydrogen-bond donors (Lipinski definition) is 2. The molecule has 0 spiro atoms. The fourth-order valence-corrected chi connectivity index (χ4v) is 3.30. The van der Waals surface area contributed by atoms with Gasteiger partial charge in [0.1, 0.15) is 11.4 Å². The number of rotatable bonds is 7. The smallest absolute Gasteiger partial charge is 0.337 e. The summed E-state index contributed by atoms with van der Waals surface area (Å²) in [4.78, 5) is 23.8.